The number of benzene rings is 1. The van der Waals surface area contributed by atoms with Crippen molar-refractivity contribution in [1.29, 1.82) is 0 Å². The monoisotopic (exact) mass is 333 g/mol. The molecule has 2 heterocycles. The van der Waals surface area contributed by atoms with Crippen LogP contribution in [0.1, 0.15) is 25.3 Å². The minimum absolute atomic E-state index is 0.00692. The summed E-state index contributed by atoms with van der Waals surface area (Å²) < 4.78 is 27.3. The minimum atomic E-state index is -3.36. The summed E-state index contributed by atoms with van der Waals surface area (Å²) in [6, 6.07) is 9.51. The van der Waals surface area contributed by atoms with Crippen molar-refractivity contribution in [3.63, 3.8) is 0 Å². The molecule has 2 aromatic rings. The third-order valence-corrected chi connectivity index (χ3v) is 6.41. The van der Waals surface area contributed by atoms with Gasteiger partial charge >= 0.3 is 0 Å². The Morgan fingerprint density at radius 1 is 1.35 bits per heavy atom. The van der Waals surface area contributed by atoms with Crippen molar-refractivity contribution in [3.05, 3.63) is 42.1 Å². The molecule has 5 nitrogen and oxygen atoms in total. The van der Waals surface area contributed by atoms with Gasteiger partial charge in [0.1, 0.15) is 0 Å². The molecule has 0 bridgehead atoms. The molecule has 124 valence electrons. The van der Waals surface area contributed by atoms with E-state index < -0.39 is 10.0 Å². The quantitative estimate of drug-likeness (QED) is 0.930. The van der Waals surface area contributed by atoms with Crippen LogP contribution in [0, 0.1) is 5.92 Å². The van der Waals surface area contributed by atoms with E-state index in [1.807, 2.05) is 37.3 Å². The highest BCUT2D eigenvalue weighted by atomic mass is 32.2. The third kappa shape index (κ3) is 3.54. The van der Waals surface area contributed by atoms with Crippen molar-refractivity contribution in [2.75, 3.05) is 13.1 Å². The van der Waals surface area contributed by atoms with Gasteiger partial charge in [0, 0.05) is 30.7 Å². The van der Waals surface area contributed by atoms with Gasteiger partial charge in [0.05, 0.1) is 11.3 Å². The van der Waals surface area contributed by atoms with Gasteiger partial charge < -0.3 is 5.73 Å². The van der Waals surface area contributed by atoms with Crippen LogP contribution >= 0.6 is 0 Å². The Bertz CT molecular complexity index is 784. The van der Waals surface area contributed by atoms with Crippen LogP contribution in [0.2, 0.25) is 0 Å². The first-order valence-electron chi connectivity index (χ1n) is 8.03. The Morgan fingerprint density at radius 3 is 2.91 bits per heavy atom. The first-order chi connectivity index (χ1) is 11.0. The lowest BCUT2D eigenvalue weighted by Gasteiger charge is -2.33. The fourth-order valence-corrected chi connectivity index (χ4v) is 4.86. The maximum Gasteiger partial charge on any atom is 0.218 e. The molecule has 2 N–H and O–H groups in total. The molecule has 3 rings (SSSR count). The Hall–Kier alpha value is -1.50. The zero-order chi connectivity index (χ0) is 16.4. The molecule has 2 unspecified atom stereocenters. The second-order valence-corrected chi connectivity index (χ2v) is 8.34. The van der Waals surface area contributed by atoms with Crippen LogP contribution in [-0.2, 0) is 15.8 Å². The maximum absolute atomic E-state index is 12.8. The number of para-hydroxylation sites is 1. The molecule has 0 spiro atoms. The smallest absolute Gasteiger partial charge is 0.218 e. The lowest BCUT2D eigenvalue weighted by Crippen LogP contribution is -2.45. The second-order valence-electron chi connectivity index (χ2n) is 6.37. The maximum atomic E-state index is 12.8. The summed E-state index contributed by atoms with van der Waals surface area (Å²) >= 11 is 0. The van der Waals surface area contributed by atoms with E-state index in [2.05, 4.69) is 4.98 Å². The Morgan fingerprint density at radius 2 is 2.13 bits per heavy atom. The molecule has 0 saturated carbocycles. The van der Waals surface area contributed by atoms with E-state index in [-0.39, 0.29) is 17.7 Å². The fourth-order valence-electron chi connectivity index (χ4n) is 3.23. The van der Waals surface area contributed by atoms with Gasteiger partial charge in [0.15, 0.2) is 0 Å². The molecule has 2 atom stereocenters. The predicted molar refractivity (Wildman–Crippen MR) is 92.3 cm³/mol. The minimum Gasteiger partial charge on any atom is -0.328 e. The predicted octanol–water partition coefficient (Wildman–Crippen LogP) is 2.12. The van der Waals surface area contributed by atoms with E-state index in [9.17, 15) is 8.42 Å². The van der Waals surface area contributed by atoms with Gasteiger partial charge in [-0.15, -0.1) is 0 Å². The van der Waals surface area contributed by atoms with Crippen molar-refractivity contribution in [2.45, 2.75) is 31.6 Å². The first kappa shape index (κ1) is 16.4. The lowest BCUT2D eigenvalue weighted by molar-refractivity contribution is 0.243. The Labute approximate surface area is 137 Å². The Kier molecular flexibility index (Phi) is 4.66. The van der Waals surface area contributed by atoms with Crippen LogP contribution in [0.3, 0.4) is 0 Å². The number of sulfonamides is 1. The van der Waals surface area contributed by atoms with E-state index in [4.69, 9.17) is 5.73 Å². The van der Waals surface area contributed by atoms with Gasteiger partial charge in [-0.1, -0.05) is 24.3 Å². The lowest BCUT2D eigenvalue weighted by atomic mass is 9.93. The van der Waals surface area contributed by atoms with E-state index in [1.165, 1.54) is 0 Å². The molecule has 1 fully saturated rings. The largest absolute Gasteiger partial charge is 0.328 e. The topological polar surface area (TPSA) is 76.3 Å². The standard InChI is InChI=1S/C17H23N3O2S/c1-13(18)15-8-4-10-20(11-15)23(21,22)12-16-6-2-5-14-7-3-9-19-17(14)16/h2-3,5-7,9,13,15H,4,8,10-12,18H2,1H3. The van der Waals surface area contributed by atoms with Crippen LogP contribution in [0.15, 0.2) is 36.5 Å². The number of rotatable bonds is 4. The third-order valence-electron chi connectivity index (χ3n) is 4.61. The molecule has 1 aromatic heterocycles. The summed E-state index contributed by atoms with van der Waals surface area (Å²) in [5, 5.41) is 0.965. The second kappa shape index (κ2) is 6.55. The summed E-state index contributed by atoms with van der Waals surface area (Å²) in [7, 11) is -3.36. The van der Waals surface area contributed by atoms with Crippen molar-refractivity contribution < 1.29 is 8.42 Å². The first-order valence-corrected chi connectivity index (χ1v) is 9.64. The average Bonchev–Trinajstić information content (AvgIpc) is 2.55. The van der Waals surface area contributed by atoms with Crippen molar-refractivity contribution in [3.8, 4) is 0 Å². The normalized spacial score (nSPS) is 21.4. The van der Waals surface area contributed by atoms with E-state index >= 15 is 0 Å². The van der Waals surface area contributed by atoms with Gasteiger partial charge in [-0.2, -0.15) is 0 Å². The van der Waals surface area contributed by atoms with Crippen molar-refractivity contribution >= 4 is 20.9 Å². The summed E-state index contributed by atoms with van der Waals surface area (Å²) in [5.74, 6) is 0.233. The number of pyridine rings is 1. The van der Waals surface area contributed by atoms with Gasteiger partial charge in [0.2, 0.25) is 10.0 Å². The SMILES string of the molecule is CC(N)C1CCCN(S(=O)(=O)Cc2cccc3cccnc23)C1. The Balaban J connectivity index is 1.85. The number of nitrogens with zero attached hydrogens (tertiary/aromatic N) is 2. The molecular weight excluding hydrogens is 310 g/mol. The van der Waals surface area contributed by atoms with Crippen LogP contribution < -0.4 is 5.73 Å². The molecule has 23 heavy (non-hydrogen) atoms. The molecule has 0 aliphatic carbocycles. The van der Waals surface area contributed by atoms with Crippen LogP contribution in [0.4, 0.5) is 0 Å². The van der Waals surface area contributed by atoms with Crippen LogP contribution in [-0.4, -0.2) is 36.8 Å². The number of fused-ring (bicyclic) bond motifs is 1. The van der Waals surface area contributed by atoms with Gasteiger partial charge in [0.25, 0.3) is 0 Å². The number of hydrogen-bond donors (Lipinski definition) is 1. The van der Waals surface area contributed by atoms with Crippen LogP contribution in [0.25, 0.3) is 10.9 Å². The number of piperidine rings is 1. The molecular formula is C17H23N3O2S. The summed E-state index contributed by atoms with van der Waals surface area (Å²) in [6.07, 6.45) is 3.57. The molecule has 1 saturated heterocycles. The van der Waals surface area contributed by atoms with Crippen LogP contribution in [0.5, 0.6) is 0 Å². The molecule has 1 aliphatic heterocycles. The number of nitrogens with two attached hydrogens (primary N) is 1. The fraction of sp³-hybridized carbons (Fsp3) is 0.471. The molecule has 1 aromatic carbocycles. The zero-order valence-corrected chi connectivity index (χ0v) is 14.2. The van der Waals surface area contributed by atoms with E-state index in [1.54, 1.807) is 10.5 Å². The van der Waals surface area contributed by atoms with Crippen molar-refractivity contribution in [2.24, 2.45) is 11.7 Å². The van der Waals surface area contributed by atoms with E-state index in [0.29, 0.717) is 13.1 Å². The highest BCUT2D eigenvalue weighted by molar-refractivity contribution is 7.88. The summed E-state index contributed by atoms with van der Waals surface area (Å²) in [4.78, 5) is 4.35. The van der Waals surface area contributed by atoms with E-state index in [0.717, 1.165) is 29.3 Å². The van der Waals surface area contributed by atoms with Gasteiger partial charge in [-0.05, 0) is 37.3 Å². The highest BCUT2D eigenvalue weighted by Crippen LogP contribution is 2.25. The van der Waals surface area contributed by atoms with Gasteiger partial charge in [-0.25, -0.2) is 12.7 Å². The molecule has 0 amide bonds. The molecule has 6 heteroatoms. The molecule has 0 radical (unpaired) electrons. The average molecular weight is 333 g/mol. The number of aromatic nitrogens is 1. The summed E-state index contributed by atoms with van der Waals surface area (Å²) in [6.45, 7) is 3.07. The van der Waals surface area contributed by atoms with Gasteiger partial charge in [-0.3, -0.25) is 4.98 Å². The zero-order valence-electron chi connectivity index (χ0n) is 13.4. The molecule has 1 aliphatic rings. The highest BCUT2D eigenvalue weighted by Gasteiger charge is 2.30. The number of hydrogen-bond acceptors (Lipinski definition) is 4. The summed E-state index contributed by atoms with van der Waals surface area (Å²) in [5.41, 5.74) is 7.49. The van der Waals surface area contributed by atoms with Crippen molar-refractivity contribution in [1.82, 2.24) is 9.29 Å².